The number of hydrogen-bond donors (Lipinski definition) is 0. The van der Waals surface area contributed by atoms with Crippen molar-refractivity contribution >= 4 is 0 Å². The van der Waals surface area contributed by atoms with Gasteiger partial charge in [0.05, 0.1) is 0 Å². The molecule has 0 aliphatic heterocycles. The molecular weight excluding hydrogens is 317 g/mol. The molecule has 0 rings (SSSR count). The van der Waals surface area contributed by atoms with Gasteiger partial charge < -0.3 is 0 Å². The Bertz CT molecular complexity index is 34.5. The van der Waals surface area contributed by atoms with Gasteiger partial charge in [0.2, 0.25) is 0 Å². The van der Waals surface area contributed by atoms with Gasteiger partial charge in [-0.05, 0) is 0 Å². The summed E-state index contributed by atoms with van der Waals surface area (Å²) in [6.07, 6.45) is 0. The zero-order valence-corrected chi connectivity index (χ0v) is 9.58. The number of hydrogen-bond acceptors (Lipinski definition) is 2. The monoisotopic (exact) mass is 314 g/mol. The zero-order chi connectivity index (χ0) is 2.71. The van der Waals surface area contributed by atoms with Crippen LogP contribution < -0.4 is 0 Å². The third kappa shape index (κ3) is 34.7. The normalized spacial score (nSPS) is 1.33. The van der Waals surface area contributed by atoms with Crippen LogP contribution in [-0.2, 0) is 84.7 Å². The summed E-state index contributed by atoms with van der Waals surface area (Å²) in [5.74, 6) is 0. The first kappa shape index (κ1) is 24.1. The second-order valence-corrected chi connectivity index (χ2v) is 0.344. The smallest absolute Gasteiger partial charge is 0 e. The Morgan fingerprint density at radius 1 is 1.17 bits per heavy atom. The van der Waals surface area contributed by atoms with Crippen LogP contribution >= 0.6 is 0 Å². The minimum atomic E-state index is -2.00. The predicted molar refractivity (Wildman–Crippen MR) is 1.37 cm³/mol. The summed E-state index contributed by atoms with van der Waals surface area (Å²) in [5.41, 5.74) is 0. The van der Waals surface area contributed by atoms with E-state index in [1.807, 2.05) is 0 Å². The Morgan fingerprint density at radius 3 is 1.17 bits per heavy atom. The second-order valence-electron chi connectivity index (χ2n) is 0.0833. The third-order valence-corrected chi connectivity index (χ3v) is 0. The molecule has 0 heterocycles. The van der Waals surface area contributed by atoms with Crippen molar-refractivity contribution in [2.24, 2.45) is 0 Å². The van der Waals surface area contributed by atoms with Crippen LogP contribution in [0.1, 0.15) is 0 Å². The Labute approximate surface area is 83.5 Å². The predicted octanol–water partition coefficient (Wildman–Crippen LogP) is -0.248. The van der Waals surface area contributed by atoms with Gasteiger partial charge in [0.15, 0.2) is 0 Å². The zero-order valence-electron chi connectivity index (χ0n) is 2.63. The van der Waals surface area contributed by atoms with Crippen molar-refractivity contribution in [3.8, 4) is 0 Å². The van der Waals surface area contributed by atoms with Crippen LogP contribution in [0.5, 0.6) is 0 Å². The Balaban J connectivity index is -0.00000000667. The summed E-state index contributed by atoms with van der Waals surface area (Å²) < 4.78 is 17.0. The average molecular weight is 317 g/mol. The summed E-state index contributed by atoms with van der Waals surface area (Å²) >= 11 is -2.00. The van der Waals surface area contributed by atoms with Crippen LogP contribution in [-0.4, -0.2) is 0 Å². The van der Waals surface area contributed by atoms with E-state index >= 15 is 0 Å². The Hall–Kier alpha value is 2.20. The van der Waals surface area contributed by atoms with E-state index in [4.69, 9.17) is 6.65 Å². The van der Waals surface area contributed by atoms with Crippen molar-refractivity contribution in [2.45, 2.75) is 0 Å². The molecule has 0 fully saturated rings. The minimum Gasteiger partial charge on any atom is 0 e. The number of rotatable bonds is 0. The molecule has 0 aliphatic carbocycles. The molecule has 6 heavy (non-hydrogen) atoms. The van der Waals surface area contributed by atoms with Gasteiger partial charge in [-0.15, -0.1) is 0 Å². The van der Waals surface area contributed by atoms with E-state index in [-0.39, 0.29) is 58.9 Å². The molecule has 0 aromatic carbocycles. The summed E-state index contributed by atoms with van der Waals surface area (Å²) in [5, 5.41) is 0. The standard InChI is InChI=1S/Ag.Cu.2O.Ti.Zn. The van der Waals surface area contributed by atoms with Gasteiger partial charge in [0.1, 0.15) is 0 Å². The molecular formula is AgCuO2TiZn. The van der Waals surface area contributed by atoms with Crippen LogP contribution in [0.4, 0.5) is 0 Å². The van der Waals surface area contributed by atoms with Crippen LogP contribution in [0.2, 0.25) is 0 Å². The summed E-state index contributed by atoms with van der Waals surface area (Å²) in [6.45, 7) is 0. The molecule has 0 spiro atoms. The molecule has 0 aromatic rings. The molecule has 0 amide bonds. The van der Waals surface area contributed by atoms with Crippen molar-refractivity contribution in [1.29, 1.82) is 0 Å². The summed E-state index contributed by atoms with van der Waals surface area (Å²) in [4.78, 5) is 0. The minimum absolute atomic E-state index is 0. The molecule has 0 saturated carbocycles. The second kappa shape index (κ2) is 27.0. The van der Waals surface area contributed by atoms with Gasteiger partial charge in [0, 0.05) is 58.9 Å². The van der Waals surface area contributed by atoms with Gasteiger partial charge >= 0.3 is 25.7 Å². The van der Waals surface area contributed by atoms with Crippen molar-refractivity contribution in [3.05, 3.63) is 0 Å². The molecule has 0 bridgehead atoms. The third-order valence-electron chi connectivity index (χ3n) is 0. The SMILES string of the molecule is [Ag].[Cu].[O]=[Ti]=[O].[Zn]. The van der Waals surface area contributed by atoms with Gasteiger partial charge in [0.25, 0.3) is 0 Å². The first-order valence-corrected chi connectivity index (χ1v) is 1.68. The van der Waals surface area contributed by atoms with E-state index in [9.17, 15) is 0 Å². The quantitative estimate of drug-likeness (QED) is 0.578. The Morgan fingerprint density at radius 2 is 1.17 bits per heavy atom. The van der Waals surface area contributed by atoms with Crippen molar-refractivity contribution < 1.29 is 84.7 Å². The molecule has 2 radical (unpaired) electrons. The summed E-state index contributed by atoms with van der Waals surface area (Å²) in [6, 6.07) is 0. The molecule has 0 unspecified atom stereocenters. The van der Waals surface area contributed by atoms with E-state index in [0.717, 1.165) is 0 Å². The fraction of sp³-hybridized carbons (Fsp3) is 0. The van der Waals surface area contributed by atoms with E-state index in [0.29, 0.717) is 0 Å². The first-order valence-electron chi connectivity index (χ1n) is 0.408. The average Bonchev–Trinajstić information content (AvgIpc) is 0.918. The van der Waals surface area contributed by atoms with Crippen LogP contribution in [0.15, 0.2) is 0 Å². The van der Waals surface area contributed by atoms with Crippen molar-refractivity contribution in [2.75, 3.05) is 0 Å². The van der Waals surface area contributed by atoms with Crippen LogP contribution in [0, 0.1) is 0 Å². The van der Waals surface area contributed by atoms with E-state index < -0.39 is 19.1 Å². The largest absolute Gasteiger partial charge is 0 e. The van der Waals surface area contributed by atoms with Gasteiger partial charge in [-0.1, -0.05) is 0 Å². The Kier molecular flexibility index (Phi) is 109. The maximum atomic E-state index is 8.50. The van der Waals surface area contributed by atoms with Crippen LogP contribution in [0.3, 0.4) is 0 Å². The van der Waals surface area contributed by atoms with Crippen molar-refractivity contribution in [1.82, 2.24) is 0 Å². The molecule has 0 aliphatic rings. The summed E-state index contributed by atoms with van der Waals surface area (Å²) in [7, 11) is 0. The molecule has 0 atom stereocenters. The van der Waals surface area contributed by atoms with E-state index in [1.54, 1.807) is 0 Å². The molecule has 6 heteroatoms. The molecule has 0 aromatic heterocycles. The van der Waals surface area contributed by atoms with E-state index in [1.165, 1.54) is 0 Å². The topological polar surface area (TPSA) is 34.1 Å². The maximum Gasteiger partial charge on any atom is 0 e. The molecule has 40 valence electrons. The molecule has 2 nitrogen and oxygen atoms in total. The van der Waals surface area contributed by atoms with E-state index in [2.05, 4.69) is 0 Å². The first-order chi connectivity index (χ1) is 1.41. The maximum absolute atomic E-state index is 8.50. The molecule has 0 N–H and O–H groups in total. The van der Waals surface area contributed by atoms with Gasteiger partial charge in [-0.3, -0.25) is 0 Å². The molecule has 0 saturated heterocycles. The fourth-order valence-electron chi connectivity index (χ4n) is 0. The van der Waals surface area contributed by atoms with Crippen LogP contribution in [0.25, 0.3) is 0 Å². The fourth-order valence-corrected chi connectivity index (χ4v) is 0. The van der Waals surface area contributed by atoms with Gasteiger partial charge in [-0.25, -0.2) is 0 Å². The van der Waals surface area contributed by atoms with Crippen molar-refractivity contribution in [3.63, 3.8) is 0 Å². The van der Waals surface area contributed by atoms with Gasteiger partial charge in [-0.2, -0.15) is 0 Å².